The summed E-state index contributed by atoms with van der Waals surface area (Å²) < 4.78 is 0. The average Bonchev–Trinajstić information content (AvgIpc) is 2.76. The van der Waals surface area contributed by atoms with Crippen LogP contribution in [0.3, 0.4) is 0 Å². The minimum absolute atomic E-state index is 0.0377. The highest BCUT2D eigenvalue weighted by Gasteiger charge is 2.59. The largest absolute Gasteiger partial charge is 0.299 e. The summed E-state index contributed by atoms with van der Waals surface area (Å²) in [5.41, 5.74) is 0.457. The van der Waals surface area contributed by atoms with Crippen LogP contribution in [-0.4, -0.2) is 5.78 Å². The van der Waals surface area contributed by atoms with E-state index in [9.17, 15) is 4.79 Å². The van der Waals surface area contributed by atoms with Gasteiger partial charge in [0, 0.05) is 11.8 Å². The predicted octanol–water partition coefficient (Wildman–Crippen LogP) is 5.01. The molecule has 116 valence electrons. The number of ketones is 1. The fourth-order valence-corrected chi connectivity index (χ4v) is 6.77. The summed E-state index contributed by atoms with van der Waals surface area (Å²) in [5.74, 6) is 4.57. The standard InChI is InChI=1S/C20H30O/c1-13-8-10-19(2)14(12-13)4-5-15-16-6-7-18(21)20(16,3)11-9-17(15)19/h8,10,13-17H,4-7,9,11-12H2,1-3H3/t13-,14?,15-,16-,17-,19-,20-/m0/s1. The number of fused-ring (bicyclic) bond motifs is 5. The quantitative estimate of drug-likeness (QED) is 0.572. The number of allylic oxidation sites excluding steroid dienone is 2. The molecule has 0 aromatic carbocycles. The van der Waals surface area contributed by atoms with Crippen LogP contribution in [0.25, 0.3) is 0 Å². The lowest BCUT2D eigenvalue weighted by molar-refractivity contribution is -0.134. The number of rotatable bonds is 0. The van der Waals surface area contributed by atoms with E-state index in [4.69, 9.17) is 0 Å². The van der Waals surface area contributed by atoms with Gasteiger partial charge in [0.05, 0.1) is 0 Å². The van der Waals surface area contributed by atoms with Gasteiger partial charge in [-0.2, -0.15) is 0 Å². The van der Waals surface area contributed by atoms with Gasteiger partial charge in [-0.15, -0.1) is 0 Å². The van der Waals surface area contributed by atoms with Crippen LogP contribution >= 0.6 is 0 Å². The van der Waals surface area contributed by atoms with Gasteiger partial charge in [-0.05, 0) is 73.5 Å². The van der Waals surface area contributed by atoms with Crippen LogP contribution in [0.5, 0.6) is 0 Å². The zero-order valence-corrected chi connectivity index (χ0v) is 13.9. The molecule has 3 saturated carbocycles. The molecule has 0 bridgehead atoms. The molecule has 0 aromatic heterocycles. The Morgan fingerprint density at radius 3 is 2.71 bits per heavy atom. The van der Waals surface area contributed by atoms with Crippen molar-refractivity contribution in [3.63, 3.8) is 0 Å². The van der Waals surface area contributed by atoms with Crippen LogP contribution in [0.4, 0.5) is 0 Å². The van der Waals surface area contributed by atoms with Gasteiger partial charge in [0.15, 0.2) is 0 Å². The summed E-state index contributed by atoms with van der Waals surface area (Å²) in [5, 5.41) is 0. The van der Waals surface area contributed by atoms with E-state index in [1.54, 1.807) is 0 Å². The lowest BCUT2D eigenvalue weighted by atomic mass is 9.46. The second-order valence-corrected chi connectivity index (χ2v) is 9.01. The molecule has 0 aliphatic heterocycles. The van der Waals surface area contributed by atoms with Gasteiger partial charge in [-0.25, -0.2) is 0 Å². The highest BCUT2D eigenvalue weighted by Crippen LogP contribution is 2.64. The molecule has 1 nitrogen and oxygen atoms in total. The second-order valence-electron chi connectivity index (χ2n) is 9.01. The Labute approximate surface area is 129 Å². The van der Waals surface area contributed by atoms with Crippen molar-refractivity contribution in [1.29, 1.82) is 0 Å². The maximum absolute atomic E-state index is 12.4. The molecule has 4 aliphatic rings. The number of Topliss-reactive ketones (excluding diaryl/α,β-unsaturated/α-hetero) is 1. The molecule has 0 radical (unpaired) electrons. The first kappa shape index (κ1) is 14.0. The Morgan fingerprint density at radius 2 is 1.90 bits per heavy atom. The second kappa shape index (κ2) is 4.46. The highest BCUT2D eigenvalue weighted by atomic mass is 16.1. The van der Waals surface area contributed by atoms with Gasteiger partial charge in [0.25, 0.3) is 0 Å². The molecule has 0 aromatic rings. The molecular weight excluding hydrogens is 256 g/mol. The molecule has 3 fully saturated rings. The Hall–Kier alpha value is -0.590. The van der Waals surface area contributed by atoms with Gasteiger partial charge in [-0.1, -0.05) is 32.9 Å². The lowest BCUT2D eigenvalue weighted by Gasteiger charge is -2.58. The lowest BCUT2D eigenvalue weighted by Crippen LogP contribution is -2.52. The summed E-state index contributed by atoms with van der Waals surface area (Å²) in [7, 11) is 0. The molecule has 1 unspecified atom stereocenters. The number of carbonyl (C=O) groups is 1. The highest BCUT2D eigenvalue weighted by molar-refractivity contribution is 5.87. The maximum atomic E-state index is 12.4. The minimum atomic E-state index is 0.0377. The first-order chi connectivity index (χ1) is 9.95. The number of hydrogen-bond acceptors (Lipinski definition) is 1. The summed E-state index contributed by atoms with van der Waals surface area (Å²) in [6, 6.07) is 0. The van der Waals surface area contributed by atoms with Gasteiger partial charge in [-0.3, -0.25) is 4.79 Å². The molecule has 0 spiro atoms. The monoisotopic (exact) mass is 286 g/mol. The smallest absolute Gasteiger partial charge is 0.139 e. The molecular formula is C20H30O. The van der Waals surface area contributed by atoms with Crippen molar-refractivity contribution >= 4 is 5.78 Å². The van der Waals surface area contributed by atoms with Crippen LogP contribution in [0.15, 0.2) is 12.2 Å². The summed E-state index contributed by atoms with van der Waals surface area (Å²) >= 11 is 0. The minimum Gasteiger partial charge on any atom is -0.299 e. The zero-order chi connectivity index (χ0) is 14.8. The molecule has 0 N–H and O–H groups in total. The van der Waals surface area contributed by atoms with E-state index >= 15 is 0 Å². The van der Waals surface area contributed by atoms with E-state index < -0.39 is 0 Å². The van der Waals surface area contributed by atoms with Crippen molar-refractivity contribution in [2.45, 2.75) is 65.7 Å². The molecule has 4 aliphatic carbocycles. The van der Waals surface area contributed by atoms with Crippen LogP contribution in [0, 0.1) is 40.4 Å². The van der Waals surface area contributed by atoms with Gasteiger partial charge in [0.1, 0.15) is 5.78 Å². The van der Waals surface area contributed by atoms with E-state index in [0.29, 0.717) is 17.1 Å². The van der Waals surface area contributed by atoms with E-state index in [-0.39, 0.29) is 5.41 Å². The molecule has 0 saturated heterocycles. The third-order valence-corrected chi connectivity index (χ3v) is 8.11. The third-order valence-electron chi connectivity index (χ3n) is 8.11. The van der Waals surface area contributed by atoms with E-state index in [1.165, 1.54) is 32.1 Å². The van der Waals surface area contributed by atoms with Crippen molar-refractivity contribution in [3.8, 4) is 0 Å². The van der Waals surface area contributed by atoms with Gasteiger partial charge in [0.2, 0.25) is 0 Å². The number of carbonyl (C=O) groups excluding carboxylic acids is 1. The summed E-state index contributed by atoms with van der Waals surface area (Å²) in [4.78, 5) is 12.4. The van der Waals surface area contributed by atoms with Gasteiger partial charge < -0.3 is 0 Å². The molecule has 21 heavy (non-hydrogen) atoms. The van der Waals surface area contributed by atoms with Crippen molar-refractivity contribution in [3.05, 3.63) is 12.2 Å². The molecule has 1 heteroatoms. The molecule has 4 rings (SSSR count). The Morgan fingerprint density at radius 1 is 1.10 bits per heavy atom. The van der Waals surface area contributed by atoms with Crippen LogP contribution in [-0.2, 0) is 4.79 Å². The third kappa shape index (κ3) is 1.79. The topological polar surface area (TPSA) is 17.1 Å². The molecule has 0 amide bonds. The summed E-state index contributed by atoms with van der Waals surface area (Å²) in [6.07, 6.45) is 13.7. The first-order valence-electron chi connectivity index (χ1n) is 9.18. The average molecular weight is 286 g/mol. The van der Waals surface area contributed by atoms with Crippen molar-refractivity contribution in [2.75, 3.05) is 0 Å². The Kier molecular flexibility index (Phi) is 2.98. The van der Waals surface area contributed by atoms with Crippen LogP contribution in [0.1, 0.15) is 65.7 Å². The van der Waals surface area contributed by atoms with Crippen molar-refractivity contribution < 1.29 is 4.79 Å². The molecule has 0 heterocycles. The van der Waals surface area contributed by atoms with Gasteiger partial charge >= 0.3 is 0 Å². The van der Waals surface area contributed by atoms with Crippen molar-refractivity contribution in [1.82, 2.24) is 0 Å². The SMILES string of the molecule is C[C@H]1C=C[C@@]2(C)C(CC[C@@H]3[C@@H]2CC[C@]2(C)C(=O)CC[C@@H]32)C1. The Balaban J connectivity index is 1.68. The fourth-order valence-electron chi connectivity index (χ4n) is 6.77. The van der Waals surface area contributed by atoms with E-state index in [1.807, 2.05) is 0 Å². The predicted molar refractivity (Wildman–Crippen MR) is 85.8 cm³/mol. The zero-order valence-electron chi connectivity index (χ0n) is 13.9. The maximum Gasteiger partial charge on any atom is 0.139 e. The molecule has 7 atom stereocenters. The summed E-state index contributed by atoms with van der Waals surface area (Å²) in [6.45, 7) is 7.20. The van der Waals surface area contributed by atoms with Crippen LogP contribution < -0.4 is 0 Å². The normalized spacial score (nSPS) is 55.8. The Bertz CT molecular complexity index is 492. The fraction of sp³-hybridized carbons (Fsp3) is 0.850. The van der Waals surface area contributed by atoms with E-state index in [2.05, 4.69) is 32.9 Å². The first-order valence-corrected chi connectivity index (χ1v) is 9.18. The van der Waals surface area contributed by atoms with Crippen LogP contribution in [0.2, 0.25) is 0 Å². The van der Waals surface area contributed by atoms with Crippen molar-refractivity contribution in [2.24, 2.45) is 40.4 Å². The van der Waals surface area contributed by atoms with E-state index in [0.717, 1.165) is 36.5 Å². The number of hydrogen-bond donors (Lipinski definition) is 0.